The van der Waals surface area contributed by atoms with Crippen molar-refractivity contribution in [2.75, 3.05) is 18.6 Å². The molecule has 0 spiro atoms. The predicted molar refractivity (Wildman–Crippen MR) is 150 cm³/mol. The molecule has 0 aliphatic carbocycles. The van der Waals surface area contributed by atoms with Crippen molar-refractivity contribution in [2.24, 2.45) is 0 Å². The van der Waals surface area contributed by atoms with Crippen molar-refractivity contribution in [3.63, 3.8) is 0 Å². The number of benzene rings is 3. The van der Waals surface area contributed by atoms with Crippen LogP contribution in [0.2, 0.25) is 0 Å². The van der Waals surface area contributed by atoms with E-state index in [1.54, 1.807) is 35.2 Å². The minimum Gasteiger partial charge on any atom is -0.454 e. The van der Waals surface area contributed by atoms with Crippen LogP contribution < -0.4 is 4.90 Å². The number of hydrogen-bond donors (Lipinski definition) is 0. The summed E-state index contributed by atoms with van der Waals surface area (Å²) in [6.07, 6.45) is 6.18. The zero-order chi connectivity index (χ0) is 27.6. The molecule has 0 bridgehead atoms. The minimum absolute atomic E-state index is 0.302. The molecular formula is C32H28FN3O3. The molecule has 1 aliphatic heterocycles. The molecule has 1 aromatic heterocycles. The average molecular weight is 522 g/mol. The number of ketones is 1. The van der Waals surface area contributed by atoms with Gasteiger partial charge in [0.25, 0.3) is 0 Å². The van der Waals surface area contributed by atoms with Gasteiger partial charge in [0.15, 0.2) is 12.4 Å². The van der Waals surface area contributed by atoms with E-state index in [9.17, 15) is 14.0 Å². The highest BCUT2D eigenvalue weighted by atomic mass is 19.1. The molecule has 4 aromatic rings. The molecule has 2 heterocycles. The number of anilines is 1. The molecule has 0 unspecified atom stereocenters. The third-order valence-electron chi connectivity index (χ3n) is 6.87. The van der Waals surface area contributed by atoms with Crippen LogP contribution in [-0.2, 0) is 19.7 Å². The number of fused-ring (bicyclic) bond motifs is 1. The second-order valence-corrected chi connectivity index (χ2v) is 9.86. The lowest BCUT2D eigenvalue weighted by Gasteiger charge is -2.23. The highest BCUT2D eigenvalue weighted by Gasteiger charge is 2.38. The summed E-state index contributed by atoms with van der Waals surface area (Å²) in [5.74, 6) is -1.30. The van der Waals surface area contributed by atoms with Gasteiger partial charge in [-0.25, -0.2) is 13.9 Å². The fraction of sp³-hybridized carbons (Fsp3) is 0.156. The van der Waals surface area contributed by atoms with E-state index in [4.69, 9.17) is 4.74 Å². The van der Waals surface area contributed by atoms with Crippen molar-refractivity contribution in [1.29, 1.82) is 0 Å². The smallest absolute Gasteiger partial charge is 0.331 e. The molecule has 0 N–H and O–H groups in total. The second-order valence-electron chi connectivity index (χ2n) is 9.86. The Balaban J connectivity index is 1.31. The Morgan fingerprint density at radius 2 is 1.67 bits per heavy atom. The number of aromatic nitrogens is 2. The summed E-state index contributed by atoms with van der Waals surface area (Å²) in [6.45, 7) is 3.76. The SMILES string of the molecule is CN1/C(=C\C(=O)COC(=O)/C=C/c2cn(-c3ccccc3)nc2-c2ccc(F)cc2)C(C)(C)c2ccccc21. The standard InChI is InChI=1S/C32H28FN3O3/c1-32(2)27-11-7-8-12-28(27)35(3)29(32)19-26(37)21-39-30(38)18-15-23-20-36(25-9-5-4-6-10-25)34-31(23)22-13-16-24(33)17-14-22/h4-20H,21H2,1-3H3/b18-15+,29-19-. The summed E-state index contributed by atoms with van der Waals surface area (Å²) in [5, 5.41) is 4.65. The Morgan fingerprint density at radius 3 is 2.38 bits per heavy atom. The molecule has 5 rings (SSSR count). The lowest BCUT2D eigenvalue weighted by Crippen LogP contribution is -2.25. The number of nitrogens with zero attached hydrogens (tertiary/aromatic N) is 3. The fourth-order valence-corrected chi connectivity index (χ4v) is 4.86. The van der Waals surface area contributed by atoms with Crippen molar-refractivity contribution in [1.82, 2.24) is 9.78 Å². The summed E-state index contributed by atoms with van der Waals surface area (Å²) in [5.41, 5.74) is 5.44. The van der Waals surface area contributed by atoms with Crippen molar-refractivity contribution >= 4 is 23.5 Å². The van der Waals surface area contributed by atoms with Gasteiger partial charge in [-0.05, 0) is 54.1 Å². The molecule has 3 aromatic carbocycles. The molecule has 6 nitrogen and oxygen atoms in total. The Hall–Kier alpha value is -4.78. The monoisotopic (exact) mass is 521 g/mol. The number of rotatable bonds is 7. The zero-order valence-electron chi connectivity index (χ0n) is 22.0. The Morgan fingerprint density at radius 1 is 0.974 bits per heavy atom. The lowest BCUT2D eigenvalue weighted by molar-refractivity contribution is -0.141. The average Bonchev–Trinajstić information content (AvgIpc) is 3.45. The van der Waals surface area contributed by atoms with Gasteiger partial charge in [-0.3, -0.25) is 4.79 Å². The maximum Gasteiger partial charge on any atom is 0.331 e. The van der Waals surface area contributed by atoms with Gasteiger partial charge < -0.3 is 9.64 Å². The number of allylic oxidation sites excluding steroid dienone is 1. The Labute approximate surface area is 226 Å². The summed E-state index contributed by atoms with van der Waals surface area (Å²) >= 11 is 0. The number of halogens is 1. The van der Waals surface area contributed by atoms with Gasteiger partial charge in [0.05, 0.1) is 11.4 Å². The maximum atomic E-state index is 13.5. The quantitative estimate of drug-likeness (QED) is 0.217. The third kappa shape index (κ3) is 5.29. The van der Waals surface area contributed by atoms with Crippen LogP contribution in [0.5, 0.6) is 0 Å². The van der Waals surface area contributed by atoms with E-state index in [2.05, 4.69) is 25.0 Å². The first-order valence-corrected chi connectivity index (χ1v) is 12.6. The van der Waals surface area contributed by atoms with E-state index in [-0.39, 0.29) is 23.6 Å². The van der Waals surface area contributed by atoms with Crippen molar-refractivity contribution in [3.8, 4) is 16.9 Å². The van der Waals surface area contributed by atoms with Crippen LogP contribution in [0.15, 0.2) is 103 Å². The number of esters is 1. The van der Waals surface area contributed by atoms with E-state index >= 15 is 0 Å². The van der Waals surface area contributed by atoms with Crippen LogP contribution in [-0.4, -0.2) is 35.2 Å². The van der Waals surface area contributed by atoms with Crippen LogP contribution in [0.3, 0.4) is 0 Å². The lowest BCUT2D eigenvalue weighted by atomic mass is 9.83. The molecule has 0 saturated carbocycles. The third-order valence-corrected chi connectivity index (χ3v) is 6.87. The first-order chi connectivity index (χ1) is 18.7. The maximum absolute atomic E-state index is 13.5. The molecule has 1 aliphatic rings. The van der Waals surface area contributed by atoms with E-state index < -0.39 is 5.97 Å². The van der Waals surface area contributed by atoms with Gasteiger partial charge in [0.1, 0.15) is 5.82 Å². The number of para-hydroxylation sites is 2. The van der Waals surface area contributed by atoms with E-state index in [0.717, 1.165) is 22.6 Å². The topological polar surface area (TPSA) is 64.4 Å². The summed E-state index contributed by atoms with van der Waals surface area (Å²) < 4.78 is 20.4. The van der Waals surface area contributed by atoms with Crippen LogP contribution in [0.1, 0.15) is 25.0 Å². The molecule has 39 heavy (non-hydrogen) atoms. The van der Waals surface area contributed by atoms with Gasteiger partial charge in [-0.15, -0.1) is 0 Å². The summed E-state index contributed by atoms with van der Waals surface area (Å²) in [4.78, 5) is 27.3. The Kier molecular flexibility index (Phi) is 6.98. The van der Waals surface area contributed by atoms with Gasteiger partial charge in [-0.1, -0.05) is 50.2 Å². The van der Waals surface area contributed by atoms with Crippen molar-refractivity contribution < 1.29 is 18.7 Å². The van der Waals surface area contributed by atoms with Crippen LogP contribution in [0.4, 0.5) is 10.1 Å². The molecular weight excluding hydrogens is 493 g/mol. The molecule has 0 radical (unpaired) electrons. The first kappa shape index (κ1) is 25.9. The van der Waals surface area contributed by atoms with Gasteiger partial charge in [0.2, 0.25) is 0 Å². The van der Waals surface area contributed by atoms with Crippen molar-refractivity contribution in [3.05, 3.63) is 120 Å². The van der Waals surface area contributed by atoms with E-state index in [1.807, 2.05) is 60.5 Å². The van der Waals surface area contributed by atoms with Gasteiger partial charge >= 0.3 is 5.97 Å². The Bertz CT molecular complexity index is 1580. The molecule has 0 fully saturated rings. The largest absolute Gasteiger partial charge is 0.454 e. The summed E-state index contributed by atoms with van der Waals surface area (Å²) in [7, 11) is 1.93. The number of ether oxygens (including phenoxy) is 1. The second kappa shape index (κ2) is 10.5. The van der Waals surface area contributed by atoms with Gasteiger partial charge in [-0.2, -0.15) is 5.10 Å². The highest BCUT2D eigenvalue weighted by Crippen LogP contribution is 2.46. The number of likely N-dealkylation sites (N-methyl/N-ethyl adjacent to an activating group) is 1. The van der Waals surface area contributed by atoms with Crippen LogP contribution in [0, 0.1) is 5.82 Å². The molecule has 0 amide bonds. The number of carbonyl (C=O) groups excluding carboxylic acids is 2. The van der Waals surface area contributed by atoms with Crippen LogP contribution in [0.25, 0.3) is 23.0 Å². The van der Waals surface area contributed by atoms with Crippen LogP contribution >= 0.6 is 0 Å². The summed E-state index contributed by atoms with van der Waals surface area (Å²) in [6, 6.07) is 23.5. The number of carbonyl (C=O) groups is 2. The number of hydrogen-bond acceptors (Lipinski definition) is 5. The minimum atomic E-state index is -0.651. The highest BCUT2D eigenvalue weighted by molar-refractivity contribution is 5.96. The molecule has 7 heteroatoms. The predicted octanol–water partition coefficient (Wildman–Crippen LogP) is 6.12. The van der Waals surface area contributed by atoms with Gasteiger partial charge in [0, 0.05) is 53.3 Å². The zero-order valence-corrected chi connectivity index (χ0v) is 22.0. The fourth-order valence-electron chi connectivity index (χ4n) is 4.86. The molecule has 196 valence electrons. The first-order valence-electron chi connectivity index (χ1n) is 12.6. The molecule has 0 saturated heterocycles. The van der Waals surface area contributed by atoms with E-state index in [0.29, 0.717) is 16.8 Å². The normalized spacial score (nSPS) is 15.1. The van der Waals surface area contributed by atoms with E-state index in [1.165, 1.54) is 18.2 Å². The molecule has 0 atom stereocenters. The van der Waals surface area contributed by atoms with Crippen molar-refractivity contribution in [2.45, 2.75) is 19.3 Å².